The molecule has 0 unspecified atom stereocenters. The number of phenolic OH excluding ortho intramolecular Hbond substituents is 1. The van der Waals surface area contributed by atoms with Gasteiger partial charge in [0.2, 0.25) is 5.43 Å². The van der Waals surface area contributed by atoms with Crippen molar-refractivity contribution >= 4 is 39.8 Å². The van der Waals surface area contributed by atoms with Crippen molar-refractivity contribution in [1.29, 1.82) is 0 Å². The number of carbonyl (C=O) groups is 1. The zero-order valence-electron chi connectivity index (χ0n) is 15.8. The molecule has 0 amide bonds. The lowest BCUT2D eigenvalue weighted by molar-refractivity contribution is -0.384. The summed E-state index contributed by atoms with van der Waals surface area (Å²) in [6, 6.07) is 1.96. The van der Waals surface area contributed by atoms with Crippen molar-refractivity contribution in [2.75, 3.05) is 19.4 Å². The number of phenols is 1. The molecule has 3 aromatic rings. The van der Waals surface area contributed by atoms with Crippen LogP contribution >= 0.6 is 11.6 Å². The number of nitrogens with one attached hydrogen (secondary N) is 2. The summed E-state index contributed by atoms with van der Waals surface area (Å²) in [6.45, 7) is 0. The molecule has 2 aromatic carbocycles. The predicted molar refractivity (Wildman–Crippen MR) is 107 cm³/mol. The van der Waals surface area contributed by atoms with Crippen LogP contribution in [0.4, 0.5) is 20.2 Å². The van der Waals surface area contributed by atoms with Crippen LogP contribution in [0.25, 0.3) is 16.6 Å². The van der Waals surface area contributed by atoms with Gasteiger partial charge < -0.3 is 19.8 Å². The van der Waals surface area contributed by atoms with Crippen LogP contribution < -0.4 is 16.2 Å². The molecule has 1 heterocycles. The number of nitrogens with zero attached hydrogens (tertiary/aromatic N) is 2. The molecule has 0 saturated heterocycles. The molecule has 0 saturated carbocycles. The van der Waals surface area contributed by atoms with E-state index in [0.717, 1.165) is 16.8 Å². The summed E-state index contributed by atoms with van der Waals surface area (Å²) >= 11 is 6.27. The van der Waals surface area contributed by atoms with Gasteiger partial charge in [-0.3, -0.25) is 14.9 Å². The smallest absolute Gasteiger partial charge is 0.362 e. The van der Waals surface area contributed by atoms with Crippen molar-refractivity contribution in [3.8, 4) is 11.4 Å². The maximum atomic E-state index is 14.5. The van der Waals surface area contributed by atoms with Crippen molar-refractivity contribution < 1.29 is 28.4 Å². The second-order valence-electron chi connectivity index (χ2n) is 6.08. The van der Waals surface area contributed by atoms with Gasteiger partial charge in [0.15, 0.2) is 11.6 Å². The summed E-state index contributed by atoms with van der Waals surface area (Å²) in [5, 5.41) is 23.1. The van der Waals surface area contributed by atoms with E-state index in [1.54, 1.807) is 0 Å². The zero-order valence-corrected chi connectivity index (χ0v) is 16.6. The molecule has 3 N–H and O–H groups in total. The summed E-state index contributed by atoms with van der Waals surface area (Å²) in [5.41, 5.74) is -1.24. The Labute approximate surface area is 176 Å². The van der Waals surface area contributed by atoms with Crippen LogP contribution in [0.1, 0.15) is 10.4 Å². The number of benzene rings is 2. The number of nitro groups is 1. The van der Waals surface area contributed by atoms with Crippen LogP contribution in [0.2, 0.25) is 5.02 Å². The topological polar surface area (TPSA) is 136 Å². The Morgan fingerprint density at radius 1 is 1.26 bits per heavy atom. The molecule has 31 heavy (non-hydrogen) atoms. The van der Waals surface area contributed by atoms with Crippen LogP contribution in [0.3, 0.4) is 0 Å². The number of carbonyl (C=O) groups excluding carboxylic acids is 1. The molecule has 0 atom stereocenters. The van der Waals surface area contributed by atoms with E-state index in [9.17, 15) is 33.6 Å². The number of pyridine rings is 1. The lowest BCUT2D eigenvalue weighted by Crippen LogP contribution is -2.24. The predicted octanol–water partition coefficient (Wildman–Crippen LogP) is 2.87. The summed E-state index contributed by atoms with van der Waals surface area (Å²) in [7, 11) is 2.60. The molecule has 1 aromatic heterocycles. The molecule has 0 spiro atoms. The van der Waals surface area contributed by atoms with Crippen molar-refractivity contribution in [2.45, 2.75) is 0 Å². The third-order valence-corrected chi connectivity index (χ3v) is 4.71. The SMILES string of the molecule is CNOC(=O)c1cn(-c2cc(O)c(F)cc2[N+](=O)[O-])c2c(Cl)c(NC)c(F)cc2c1=O. The molecule has 0 radical (unpaired) electrons. The zero-order chi connectivity index (χ0) is 23.0. The van der Waals surface area contributed by atoms with Crippen LogP contribution in [-0.2, 0) is 4.84 Å². The van der Waals surface area contributed by atoms with E-state index in [1.807, 2.05) is 0 Å². The first-order valence-electron chi connectivity index (χ1n) is 8.42. The Bertz CT molecular complexity index is 1310. The van der Waals surface area contributed by atoms with Gasteiger partial charge in [-0.25, -0.2) is 13.6 Å². The normalized spacial score (nSPS) is 10.9. The minimum Gasteiger partial charge on any atom is -0.505 e. The number of rotatable bonds is 5. The van der Waals surface area contributed by atoms with Crippen LogP contribution in [0.15, 0.2) is 29.2 Å². The molecule has 0 aliphatic heterocycles. The minimum absolute atomic E-state index is 0.229. The van der Waals surface area contributed by atoms with E-state index in [2.05, 4.69) is 15.6 Å². The molecule has 162 valence electrons. The molecule has 0 fully saturated rings. The van der Waals surface area contributed by atoms with E-state index in [4.69, 9.17) is 11.6 Å². The van der Waals surface area contributed by atoms with Crippen molar-refractivity contribution in [1.82, 2.24) is 10.0 Å². The summed E-state index contributed by atoms with van der Waals surface area (Å²) in [4.78, 5) is 40.3. The highest BCUT2D eigenvalue weighted by Crippen LogP contribution is 2.37. The van der Waals surface area contributed by atoms with Gasteiger partial charge in [0, 0.05) is 26.4 Å². The molecule has 10 nitrogen and oxygen atoms in total. The molecule has 0 aliphatic rings. The first-order chi connectivity index (χ1) is 14.6. The number of fused-ring (bicyclic) bond motifs is 1. The second kappa shape index (κ2) is 8.16. The van der Waals surface area contributed by atoms with Gasteiger partial charge >= 0.3 is 5.97 Å². The summed E-state index contributed by atoms with van der Waals surface area (Å²) < 4.78 is 29.2. The fourth-order valence-corrected chi connectivity index (χ4v) is 3.38. The molecule has 0 bridgehead atoms. The standard InChI is InChI=1S/C18H13ClF2N4O6/c1-22-15-10(21)3-7-16(14(15)19)24(6-8(17(7)27)18(28)31-23-2)11-5-13(26)9(20)4-12(11)25(29)30/h3-6,22-23,26H,1-2H3. The molecule has 3 rings (SSSR count). The number of hydrogen-bond acceptors (Lipinski definition) is 8. The van der Waals surface area contributed by atoms with Gasteiger partial charge in [-0.1, -0.05) is 11.6 Å². The largest absolute Gasteiger partial charge is 0.505 e. The average Bonchev–Trinajstić information content (AvgIpc) is 2.70. The Morgan fingerprint density at radius 2 is 1.94 bits per heavy atom. The highest BCUT2D eigenvalue weighted by atomic mass is 35.5. The van der Waals surface area contributed by atoms with E-state index in [-0.39, 0.29) is 16.2 Å². The highest BCUT2D eigenvalue weighted by Gasteiger charge is 2.26. The number of hydroxylamine groups is 1. The number of aromatic nitrogens is 1. The van der Waals surface area contributed by atoms with E-state index < -0.39 is 56.0 Å². The maximum Gasteiger partial charge on any atom is 0.362 e. The van der Waals surface area contributed by atoms with Gasteiger partial charge in [-0.2, -0.15) is 5.48 Å². The van der Waals surface area contributed by atoms with Crippen molar-refractivity contribution in [3.05, 3.63) is 67.0 Å². The van der Waals surface area contributed by atoms with Gasteiger partial charge in [0.05, 0.1) is 32.6 Å². The van der Waals surface area contributed by atoms with E-state index in [0.29, 0.717) is 12.1 Å². The number of hydrogen-bond donors (Lipinski definition) is 3. The lowest BCUT2D eigenvalue weighted by atomic mass is 10.1. The summed E-state index contributed by atoms with van der Waals surface area (Å²) in [5.74, 6) is -4.33. The second-order valence-corrected chi connectivity index (χ2v) is 6.46. The Kier molecular flexibility index (Phi) is 5.77. The van der Waals surface area contributed by atoms with Crippen LogP contribution in [0.5, 0.6) is 5.75 Å². The minimum atomic E-state index is -1.27. The Balaban J connectivity index is 2.58. The molecular weight excluding hydrogens is 442 g/mol. The fraction of sp³-hybridized carbons (Fsp3) is 0.111. The van der Waals surface area contributed by atoms with Gasteiger partial charge in [0.1, 0.15) is 17.1 Å². The van der Waals surface area contributed by atoms with Crippen LogP contribution in [-0.4, -0.2) is 34.7 Å². The van der Waals surface area contributed by atoms with E-state index >= 15 is 0 Å². The monoisotopic (exact) mass is 454 g/mol. The molecule has 13 heteroatoms. The fourth-order valence-electron chi connectivity index (χ4n) is 3.01. The van der Waals surface area contributed by atoms with Gasteiger partial charge in [0.25, 0.3) is 5.69 Å². The Hall–Kier alpha value is -3.77. The van der Waals surface area contributed by atoms with Crippen molar-refractivity contribution in [3.63, 3.8) is 0 Å². The third kappa shape index (κ3) is 3.62. The molecule has 0 aliphatic carbocycles. The summed E-state index contributed by atoms with van der Waals surface area (Å²) in [6.07, 6.45) is 0.868. The number of nitro benzene ring substituents is 1. The Morgan fingerprint density at radius 3 is 2.52 bits per heavy atom. The van der Waals surface area contributed by atoms with E-state index in [1.165, 1.54) is 14.1 Å². The highest BCUT2D eigenvalue weighted by molar-refractivity contribution is 6.38. The quantitative estimate of drug-likeness (QED) is 0.395. The van der Waals surface area contributed by atoms with Gasteiger partial charge in [-0.05, 0) is 6.07 Å². The number of aromatic hydroxyl groups is 1. The average molecular weight is 455 g/mol. The maximum absolute atomic E-state index is 14.5. The number of anilines is 1. The van der Waals surface area contributed by atoms with Crippen LogP contribution in [0, 0.1) is 21.7 Å². The lowest BCUT2D eigenvalue weighted by Gasteiger charge is -2.17. The first-order valence-corrected chi connectivity index (χ1v) is 8.80. The first kappa shape index (κ1) is 21.9. The number of halogens is 3. The van der Waals surface area contributed by atoms with Crippen molar-refractivity contribution in [2.24, 2.45) is 0 Å². The van der Waals surface area contributed by atoms with Gasteiger partial charge in [-0.15, -0.1) is 0 Å². The third-order valence-electron chi connectivity index (χ3n) is 4.35. The molecular formula is C18H13ClF2N4O6.